The molecular weight excluding hydrogens is 320 g/mol. The Morgan fingerprint density at radius 1 is 1.32 bits per heavy atom. The number of carbonyl (C=O) groups is 2. The lowest BCUT2D eigenvalue weighted by Gasteiger charge is -2.25. The first kappa shape index (κ1) is 19.1. The fraction of sp³-hybridized carbons (Fsp3) is 0.579. The van der Waals surface area contributed by atoms with E-state index in [4.69, 9.17) is 9.47 Å². The highest BCUT2D eigenvalue weighted by Crippen LogP contribution is 2.22. The fourth-order valence-electron chi connectivity index (χ4n) is 2.89. The van der Waals surface area contributed by atoms with Crippen LogP contribution >= 0.6 is 0 Å². The van der Waals surface area contributed by atoms with Crippen molar-refractivity contribution in [3.63, 3.8) is 0 Å². The number of ether oxygens (including phenoxy) is 2. The van der Waals surface area contributed by atoms with Crippen LogP contribution in [0.2, 0.25) is 0 Å². The van der Waals surface area contributed by atoms with Crippen molar-refractivity contribution in [2.24, 2.45) is 5.92 Å². The molecule has 1 aliphatic rings. The van der Waals surface area contributed by atoms with E-state index in [-0.39, 0.29) is 17.9 Å². The first-order valence-electron chi connectivity index (χ1n) is 8.55. The van der Waals surface area contributed by atoms with E-state index in [9.17, 15) is 9.59 Å². The van der Waals surface area contributed by atoms with E-state index in [1.54, 1.807) is 24.0 Å². The topological polar surface area (TPSA) is 59.1 Å². The number of benzene rings is 1. The summed E-state index contributed by atoms with van der Waals surface area (Å²) in [7, 11) is 3.41. The molecule has 0 aromatic heterocycles. The number of methoxy groups -OCH3 is 1. The van der Waals surface area contributed by atoms with Crippen molar-refractivity contribution >= 4 is 12.0 Å². The minimum absolute atomic E-state index is 0.0499. The van der Waals surface area contributed by atoms with Crippen LogP contribution in [0.1, 0.15) is 32.8 Å². The summed E-state index contributed by atoms with van der Waals surface area (Å²) in [5, 5.41) is 0. The van der Waals surface area contributed by atoms with E-state index in [1.165, 1.54) is 0 Å². The summed E-state index contributed by atoms with van der Waals surface area (Å²) < 4.78 is 10.6. The fourth-order valence-corrected chi connectivity index (χ4v) is 2.89. The van der Waals surface area contributed by atoms with E-state index in [2.05, 4.69) is 0 Å². The van der Waals surface area contributed by atoms with Gasteiger partial charge in [-0.15, -0.1) is 0 Å². The van der Waals surface area contributed by atoms with E-state index >= 15 is 0 Å². The molecule has 0 saturated carbocycles. The molecule has 25 heavy (non-hydrogen) atoms. The number of amides is 2. The van der Waals surface area contributed by atoms with Gasteiger partial charge in [0.25, 0.3) is 0 Å². The lowest BCUT2D eigenvalue weighted by molar-refractivity contribution is -0.134. The van der Waals surface area contributed by atoms with Gasteiger partial charge in [-0.05, 0) is 44.9 Å². The standard InChI is InChI=1S/C19H28N2O4/c1-19(2,3)25-18(23)21-10-9-15(13-21)17(22)20(4)12-14-7-6-8-16(11-14)24-5/h6-8,11,15H,9-10,12-13H2,1-5H3. The molecule has 2 rings (SSSR count). The molecule has 0 aliphatic carbocycles. The maximum atomic E-state index is 12.7. The van der Waals surface area contributed by atoms with Gasteiger partial charge in [0.2, 0.25) is 5.91 Å². The molecule has 2 amide bonds. The molecule has 6 nitrogen and oxygen atoms in total. The molecule has 1 heterocycles. The van der Waals surface area contributed by atoms with Gasteiger partial charge in [0, 0.05) is 26.7 Å². The minimum atomic E-state index is -0.525. The van der Waals surface area contributed by atoms with Gasteiger partial charge in [-0.2, -0.15) is 0 Å². The number of hydrogen-bond donors (Lipinski definition) is 0. The summed E-state index contributed by atoms with van der Waals surface area (Å²) >= 11 is 0. The highest BCUT2D eigenvalue weighted by atomic mass is 16.6. The van der Waals surface area contributed by atoms with Crippen molar-refractivity contribution in [3.05, 3.63) is 29.8 Å². The van der Waals surface area contributed by atoms with E-state index < -0.39 is 5.60 Å². The molecule has 0 radical (unpaired) electrons. The quantitative estimate of drug-likeness (QED) is 0.839. The summed E-state index contributed by atoms with van der Waals surface area (Å²) in [5.74, 6) is 0.646. The maximum absolute atomic E-state index is 12.7. The highest BCUT2D eigenvalue weighted by molar-refractivity contribution is 5.80. The van der Waals surface area contributed by atoms with Gasteiger partial charge in [0.1, 0.15) is 11.4 Å². The van der Waals surface area contributed by atoms with Crippen LogP contribution in [0, 0.1) is 5.92 Å². The SMILES string of the molecule is COc1cccc(CN(C)C(=O)C2CCN(C(=O)OC(C)(C)C)C2)c1. The molecule has 138 valence electrons. The Morgan fingerprint density at radius 2 is 2.04 bits per heavy atom. The molecule has 0 N–H and O–H groups in total. The predicted molar refractivity (Wildman–Crippen MR) is 95.4 cm³/mol. The van der Waals surface area contributed by atoms with Crippen LogP contribution in [-0.4, -0.2) is 54.6 Å². The lowest BCUT2D eigenvalue weighted by atomic mass is 10.1. The second kappa shape index (κ2) is 7.76. The first-order chi connectivity index (χ1) is 11.7. The van der Waals surface area contributed by atoms with Gasteiger partial charge in [0.15, 0.2) is 0 Å². The number of nitrogens with zero attached hydrogens (tertiary/aromatic N) is 2. The molecular formula is C19H28N2O4. The number of hydrogen-bond acceptors (Lipinski definition) is 4. The van der Waals surface area contributed by atoms with E-state index in [0.29, 0.717) is 26.1 Å². The van der Waals surface area contributed by atoms with Crippen LogP contribution < -0.4 is 4.74 Å². The van der Waals surface area contributed by atoms with Gasteiger partial charge in [-0.3, -0.25) is 4.79 Å². The van der Waals surface area contributed by atoms with Gasteiger partial charge in [0.05, 0.1) is 13.0 Å². The average Bonchev–Trinajstić information content (AvgIpc) is 3.02. The Morgan fingerprint density at radius 3 is 2.68 bits per heavy atom. The number of carbonyl (C=O) groups excluding carboxylic acids is 2. The minimum Gasteiger partial charge on any atom is -0.497 e. The third-order valence-electron chi connectivity index (χ3n) is 4.12. The van der Waals surface area contributed by atoms with Gasteiger partial charge in [-0.1, -0.05) is 12.1 Å². The summed E-state index contributed by atoms with van der Waals surface area (Å²) in [4.78, 5) is 28.1. The van der Waals surface area contributed by atoms with Crippen LogP contribution in [-0.2, 0) is 16.1 Å². The monoisotopic (exact) mass is 348 g/mol. The molecule has 1 fully saturated rings. The summed E-state index contributed by atoms with van der Waals surface area (Å²) in [6.07, 6.45) is 0.318. The van der Waals surface area contributed by atoms with Crippen molar-refractivity contribution in [1.29, 1.82) is 0 Å². The van der Waals surface area contributed by atoms with E-state index in [1.807, 2.05) is 45.0 Å². The zero-order valence-electron chi connectivity index (χ0n) is 15.7. The summed E-state index contributed by atoms with van der Waals surface area (Å²) in [6, 6.07) is 7.67. The smallest absolute Gasteiger partial charge is 0.410 e. The van der Waals surface area contributed by atoms with Crippen molar-refractivity contribution in [2.75, 3.05) is 27.2 Å². The second-order valence-electron chi connectivity index (χ2n) is 7.46. The Balaban J connectivity index is 1.91. The maximum Gasteiger partial charge on any atom is 0.410 e. The Hall–Kier alpha value is -2.24. The zero-order chi connectivity index (χ0) is 18.6. The van der Waals surface area contributed by atoms with Gasteiger partial charge in [-0.25, -0.2) is 4.79 Å². The van der Waals surface area contributed by atoms with Crippen LogP contribution in [0.15, 0.2) is 24.3 Å². The molecule has 0 spiro atoms. The van der Waals surface area contributed by atoms with Crippen LogP contribution in [0.3, 0.4) is 0 Å². The van der Waals surface area contributed by atoms with Crippen LogP contribution in [0.5, 0.6) is 5.75 Å². The molecule has 1 atom stereocenters. The summed E-state index contributed by atoms with van der Waals surface area (Å²) in [5.41, 5.74) is 0.486. The van der Waals surface area contributed by atoms with Crippen molar-refractivity contribution in [3.8, 4) is 5.75 Å². The number of rotatable bonds is 4. The van der Waals surface area contributed by atoms with Crippen molar-refractivity contribution in [1.82, 2.24) is 9.80 Å². The molecule has 0 bridgehead atoms. The Labute approximate surface area is 149 Å². The second-order valence-corrected chi connectivity index (χ2v) is 7.46. The average molecular weight is 348 g/mol. The molecule has 1 aromatic rings. The molecule has 1 saturated heterocycles. The molecule has 1 aromatic carbocycles. The third kappa shape index (κ3) is 5.37. The largest absolute Gasteiger partial charge is 0.497 e. The van der Waals surface area contributed by atoms with Crippen LogP contribution in [0.4, 0.5) is 4.79 Å². The van der Waals surface area contributed by atoms with Gasteiger partial charge >= 0.3 is 6.09 Å². The van der Waals surface area contributed by atoms with Crippen molar-refractivity contribution in [2.45, 2.75) is 39.3 Å². The highest BCUT2D eigenvalue weighted by Gasteiger charge is 2.34. The van der Waals surface area contributed by atoms with Crippen molar-refractivity contribution < 1.29 is 19.1 Å². The normalized spacial score (nSPS) is 17.3. The molecule has 1 aliphatic heterocycles. The summed E-state index contributed by atoms with van der Waals surface area (Å²) in [6.45, 7) is 7.00. The third-order valence-corrected chi connectivity index (χ3v) is 4.12. The van der Waals surface area contributed by atoms with Crippen LogP contribution in [0.25, 0.3) is 0 Å². The Bertz CT molecular complexity index is 624. The first-order valence-corrected chi connectivity index (χ1v) is 8.55. The lowest BCUT2D eigenvalue weighted by Crippen LogP contribution is -2.38. The molecule has 6 heteroatoms. The zero-order valence-corrected chi connectivity index (χ0v) is 15.7. The number of likely N-dealkylation sites (tertiary alicyclic amines) is 1. The van der Waals surface area contributed by atoms with E-state index in [0.717, 1.165) is 11.3 Å². The predicted octanol–water partition coefficient (Wildman–Crippen LogP) is 2.91. The Kier molecular flexibility index (Phi) is 5.93. The van der Waals surface area contributed by atoms with Gasteiger partial charge < -0.3 is 19.3 Å². The molecule has 1 unspecified atom stereocenters.